The number of non-ortho nitro benzene ring substituents is 1. The molecule has 0 saturated carbocycles. The second kappa shape index (κ2) is 8.32. The van der Waals surface area contributed by atoms with E-state index in [4.69, 9.17) is 0 Å². The number of sulfonamides is 1. The molecule has 1 saturated heterocycles. The Bertz CT molecular complexity index is 1260. The smallest absolute Gasteiger partial charge is 0.270 e. The predicted molar refractivity (Wildman–Crippen MR) is 120 cm³/mol. The van der Waals surface area contributed by atoms with Gasteiger partial charge in [0.1, 0.15) is 0 Å². The molecule has 11 heteroatoms. The van der Waals surface area contributed by atoms with Crippen molar-refractivity contribution in [2.24, 2.45) is 0 Å². The van der Waals surface area contributed by atoms with E-state index in [1.54, 1.807) is 17.8 Å². The second-order valence-corrected chi connectivity index (χ2v) is 9.62. The first-order chi connectivity index (χ1) is 15.2. The van der Waals surface area contributed by atoms with Gasteiger partial charge in [0.2, 0.25) is 10.0 Å². The van der Waals surface area contributed by atoms with Crippen LogP contribution in [0.1, 0.15) is 17.0 Å². The van der Waals surface area contributed by atoms with Gasteiger partial charge in [-0.25, -0.2) is 18.1 Å². The van der Waals surface area contributed by atoms with Crippen molar-refractivity contribution in [3.63, 3.8) is 0 Å². The van der Waals surface area contributed by atoms with Gasteiger partial charge in [-0.1, -0.05) is 12.1 Å². The lowest BCUT2D eigenvalue weighted by atomic mass is 10.2. The molecule has 10 nitrogen and oxygen atoms in total. The Labute approximate surface area is 186 Å². The first kappa shape index (κ1) is 21.9. The Morgan fingerprint density at radius 2 is 1.75 bits per heavy atom. The quantitative estimate of drug-likeness (QED) is 0.428. The Kier molecular flexibility index (Phi) is 5.70. The highest BCUT2D eigenvalue weighted by molar-refractivity contribution is 7.89. The highest BCUT2D eigenvalue weighted by Gasteiger charge is 2.32. The SMILES string of the molecule is Cc1ccc([N+](=O)[O-])cc1S(=O)(=O)N1CCN(c2c(C)nn(-c3ccccn3)c2C)CC1. The third kappa shape index (κ3) is 3.84. The molecule has 1 aromatic carbocycles. The Morgan fingerprint density at radius 3 is 2.38 bits per heavy atom. The van der Waals surface area contributed by atoms with Crippen LogP contribution in [0.25, 0.3) is 5.82 Å². The van der Waals surface area contributed by atoms with Crippen LogP contribution in [-0.4, -0.2) is 58.6 Å². The maximum Gasteiger partial charge on any atom is 0.270 e. The molecule has 0 atom stereocenters. The molecule has 1 aliphatic heterocycles. The number of nitro benzene ring substituents is 1. The second-order valence-electron chi connectivity index (χ2n) is 7.72. The largest absolute Gasteiger partial charge is 0.366 e. The molecule has 1 aliphatic rings. The van der Waals surface area contributed by atoms with Crippen LogP contribution >= 0.6 is 0 Å². The zero-order chi connectivity index (χ0) is 23.0. The van der Waals surface area contributed by atoms with E-state index in [0.29, 0.717) is 18.7 Å². The van der Waals surface area contributed by atoms with E-state index in [1.807, 2.05) is 32.0 Å². The van der Waals surface area contributed by atoms with Gasteiger partial charge in [-0.15, -0.1) is 0 Å². The molecule has 2 aromatic heterocycles. The van der Waals surface area contributed by atoms with Gasteiger partial charge in [0.05, 0.1) is 26.9 Å². The lowest BCUT2D eigenvalue weighted by Crippen LogP contribution is -2.49. The highest BCUT2D eigenvalue weighted by Crippen LogP contribution is 2.30. The van der Waals surface area contributed by atoms with Crippen LogP contribution in [0, 0.1) is 30.9 Å². The molecule has 0 radical (unpaired) electrons. The zero-order valence-corrected chi connectivity index (χ0v) is 18.9. The van der Waals surface area contributed by atoms with Crippen LogP contribution in [0.15, 0.2) is 47.5 Å². The summed E-state index contributed by atoms with van der Waals surface area (Å²) in [5.41, 5.74) is 3.01. The minimum Gasteiger partial charge on any atom is -0.366 e. The summed E-state index contributed by atoms with van der Waals surface area (Å²) in [6, 6.07) is 9.56. The van der Waals surface area contributed by atoms with E-state index in [0.717, 1.165) is 29.0 Å². The van der Waals surface area contributed by atoms with Crippen LogP contribution in [-0.2, 0) is 10.0 Å². The lowest BCUT2D eigenvalue weighted by Gasteiger charge is -2.35. The number of aromatic nitrogens is 3. The monoisotopic (exact) mass is 456 g/mol. The van der Waals surface area contributed by atoms with Gasteiger partial charge in [0.25, 0.3) is 5.69 Å². The first-order valence-electron chi connectivity index (χ1n) is 10.2. The molecule has 1 fully saturated rings. The number of piperazine rings is 1. The third-order valence-corrected chi connectivity index (χ3v) is 7.72. The van der Waals surface area contributed by atoms with Crippen molar-refractivity contribution >= 4 is 21.4 Å². The molecular formula is C21H24N6O4S. The highest BCUT2D eigenvalue weighted by atomic mass is 32.2. The van der Waals surface area contributed by atoms with Crippen molar-refractivity contribution < 1.29 is 13.3 Å². The van der Waals surface area contributed by atoms with E-state index in [2.05, 4.69) is 15.0 Å². The number of hydrogen-bond acceptors (Lipinski definition) is 7. The van der Waals surface area contributed by atoms with Gasteiger partial charge >= 0.3 is 0 Å². The normalized spacial score (nSPS) is 15.2. The van der Waals surface area contributed by atoms with Crippen LogP contribution < -0.4 is 4.90 Å². The summed E-state index contributed by atoms with van der Waals surface area (Å²) in [5, 5.41) is 15.7. The van der Waals surface area contributed by atoms with Crippen molar-refractivity contribution in [3.8, 4) is 5.82 Å². The molecule has 3 aromatic rings. The number of rotatable bonds is 5. The average molecular weight is 457 g/mol. The predicted octanol–water partition coefficient (Wildman–Crippen LogP) is 2.61. The van der Waals surface area contributed by atoms with Crippen molar-refractivity contribution in [1.29, 1.82) is 0 Å². The molecule has 0 amide bonds. The zero-order valence-electron chi connectivity index (χ0n) is 18.1. The maximum atomic E-state index is 13.2. The molecule has 4 rings (SSSR count). The van der Waals surface area contributed by atoms with Crippen molar-refractivity contribution in [3.05, 3.63) is 69.7 Å². The molecule has 0 N–H and O–H groups in total. The van der Waals surface area contributed by atoms with Crippen molar-refractivity contribution in [2.75, 3.05) is 31.1 Å². The van der Waals surface area contributed by atoms with Crippen LogP contribution in [0.2, 0.25) is 0 Å². The van der Waals surface area contributed by atoms with E-state index < -0.39 is 14.9 Å². The van der Waals surface area contributed by atoms with Crippen LogP contribution in [0.4, 0.5) is 11.4 Å². The van der Waals surface area contributed by atoms with Gasteiger partial charge in [0, 0.05) is 44.5 Å². The summed E-state index contributed by atoms with van der Waals surface area (Å²) in [5.74, 6) is 0.724. The standard InChI is InChI=1S/C21H24N6O4S/c1-15-7-8-18(27(28)29)14-19(15)32(30,31)25-12-10-24(11-13-25)21-16(2)23-26(17(21)3)20-6-4-5-9-22-20/h4-9,14H,10-13H2,1-3H3. The van der Waals surface area contributed by atoms with Gasteiger partial charge < -0.3 is 4.90 Å². The number of nitrogens with zero attached hydrogens (tertiary/aromatic N) is 6. The third-order valence-electron chi connectivity index (χ3n) is 5.67. The van der Waals surface area contributed by atoms with Crippen LogP contribution in [0.3, 0.4) is 0 Å². The summed E-state index contributed by atoms with van der Waals surface area (Å²) in [6.07, 6.45) is 1.71. The van der Waals surface area contributed by atoms with Crippen LogP contribution in [0.5, 0.6) is 0 Å². The number of pyridine rings is 1. The molecule has 0 spiro atoms. The summed E-state index contributed by atoms with van der Waals surface area (Å²) in [4.78, 5) is 17.0. The fourth-order valence-electron chi connectivity index (χ4n) is 4.07. The topological polar surface area (TPSA) is 114 Å². The van der Waals surface area contributed by atoms with E-state index in [1.165, 1.54) is 16.4 Å². The minimum atomic E-state index is -3.84. The number of anilines is 1. The Balaban J connectivity index is 1.56. The maximum absolute atomic E-state index is 13.2. The molecular weight excluding hydrogens is 432 g/mol. The van der Waals surface area contributed by atoms with Crippen molar-refractivity contribution in [2.45, 2.75) is 25.7 Å². The molecule has 3 heterocycles. The molecule has 0 aliphatic carbocycles. The molecule has 168 valence electrons. The summed E-state index contributed by atoms with van der Waals surface area (Å²) in [6.45, 7) is 7.07. The summed E-state index contributed by atoms with van der Waals surface area (Å²) in [7, 11) is -3.84. The van der Waals surface area contributed by atoms with E-state index >= 15 is 0 Å². The summed E-state index contributed by atoms with van der Waals surface area (Å²) >= 11 is 0. The van der Waals surface area contributed by atoms with Gasteiger partial charge in [0.15, 0.2) is 5.82 Å². The summed E-state index contributed by atoms with van der Waals surface area (Å²) < 4.78 is 29.6. The van der Waals surface area contributed by atoms with E-state index in [-0.39, 0.29) is 23.7 Å². The van der Waals surface area contributed by atoms with Crippen molar-refractivity contribution in [1.82, 2.24) is 19.1 Å². The number of aryl methyl sites for hydroxylation is 2. The van der Waals surface area contributed by atoms with E-state index in [9.17, 15) is 18.5 Å². The van der Waals surface area contributed by atoms with Gasteiger partial charge in [-0.3, -0.25) is 10.1 Å². The minimum absolute atomic E-state index is 0.0181. The molecule has 0 unspecified atom stereocenters. The molecule has 0 bridgehead atoms. The number of hydrogen-bond donors (Lipinski definition) is 0. The number of nitro groups is 1. The first-order valence-corrected chi connectivity index (χ1v) is 11.6. The average Bonchev–Trinajstić information content (AvgIpc) is 3.08. The fourth-order valence-corrected chi connectivity index (χ4v) is 5.73. The van der Waals surface area contributed by atoms with Gasteiger partial charge in [-0.2, -0.15) is 9.40 Å². The molecule has 32 heavy (non-hydrogen) atoms. The Hall–Kier alpha value is -3.31. The number of benzene rings is 1. The Morgan fingerprint density at radius 1 is 1.03 bits per heavy atom. The lowest BCUT2D eigenvalue weighted by molar-refractivity contribution is -0.385. The van der Waals surface area contributed by atoms with Gasteiger partial charge in [-0.05, 0) is 38.5 Å². The fraction of sp³-hybridized carbons (Fsp3) is 0.333.